The summed E-state index contributed by atoms with van der Waals surface area (Å²) in [6.07, 6.45) is 1.56. The van der Waals surface area contributed by atoms with Crippen LogP contribution in [0.5, 0.6) is 0 Å². The zero-order valence-electron chi connectivity index (χ0n) is 16.6. The van der Waals surface area contributed by atoms with E-state index in [4.69, 9.17) is 5.73 Å². The van der Waals surface area contributed by atoms with Crippen LogP contribution in [0.1, 0.15) is 20.8 Å². The smallest absolute Gasteiger partial charge is 0.270 e. The Kier molecular flexibility index (Phi) is 6.20. The monoisotopic (exact) mass is 483 g/mol. The third-order valence-corrected chi connectivity index (χ3v) is 6.33. The molecule has 2 amide bonds. The molecule has 2 heterocycles. The Morgan fingerprint density at radius 1 is 1.18 bits per heavy atom. The number of nitro groups is 1. The highest BCUT2D eigenvalue weighted by molar-refractivity contribution is 7.99. The van der Waals surface area contributed by atoms with Crippen molar-refractivity contribution in [2.75, 3.05) is 5.32 Å². The summed E-state index contributed by atoms with van der Waals surface area (Å²) in [5.74, 6) is -1.72. The van der Waals surface area contributed by atoms with E-state index in [1.807, 2.05) is 0 Å². The molecule has 0 unspecified atom stereocenters. The van der Waals surface area contributed by atoms with Crippen LogP contribution in [0.25, 0.3) is 11.3 Å². The number of amides is 2. The second-order valence-corrected chi connectivity index (χ2v) is 8.57. The van der Waals surface area contributed by atoms with Gasteiger partial charge < -0.3 is 10.7 Å². The van der Waals surface area contributed by atoms with E-state index >= 15 is 0 Å². The van der Waals surface area contributed by atoms with E-state index in [1.54, 1.807) is 29.8 Å². The third-order valence-electron chi connectivity index (χ3n) is 4.44. The van der Waals surface area contributed by atoms with Gasteiger partial charge in [-0.25, -0.2) is 9.37 Å². The topological polar surface area (TPSA) is 144 Å². The number of nitrogens with one attached hydrogen (secondary N) is 2. The number of aromatic amines is 1. The number of non-ortho nitro benzene ring substituents is 1. The molecule has 2 aromatic heterocycles. The molecule has 33 heavy (non-hydrogen) atoms. The molecular formula is C21H14FN5O4S2. The summed E-state index contributed by atoms with van der Waals surface area (Å²) in [7, 11) is 0. The Labute approximate surface area is 194 Å². The predicted octanol–water partition coefficient (Wildman–Crippen LogP) is 4.69. The minimum atomic E-state index is -0.634. The number of rotatable bonds is 7. The molecule has 0 fully saturated rings. The number of hydrogen-bond donors (Lipinski definition) is 3. The molecule has 4 aromatic rings. The average Bonchev–Trinajstić information content (AvgIpc) is 3.45. The van der Waals surface area contributed by atoms with Crippen molar-refractivity contribution in [3.8, 4) is 11.3 Å². The standard InChI is InChI=1S/C21H14FN5O4S2/c22-14-3-1-2-4-18(14)33-17-6-5-12(27(30)31)8-13(17)20(29)26-21-25-16(10-32-21)11-7-15(19(23)28)24-9-11/h1-10,24H,(H2,23,28)(H,25,26,29). The highest BCUT2D eigenvalue weighted by atomic mass is 32.2. The van der Waals surface area contributed by atoms with Gasteiger partial charge in [-0.2, -0.15) is 0 Å². The first kappa shape index (κ1) is 22.2. The van der Waals surface area contributed by atoms with Crippen LogP contribution in [0.15, 0.2) is 69.9 Å². The normalized spacial score (nSPS) is 10.7. The van der Waals surface area contributed by atoms with Crippen LogP contribution >= 0.6 is 23.1 Å². The van der Waals surface area contributed by atoms with E-state index in [1.165, 1.54) is 24.3 Å². The number of anilines is 1. The van der Waals surface area contributed by atoms with Crippen LogP contribution in [0.3, 0.4) is 0 Å². The van der Waals surface area contributed by atoms with Crippen LogP contribution in [0, 0.1) is 15.9 Å². The maximum atomic E-state index is 14.1. The number of nitro benzene ring substituents is 1. The van der Waals surface area contributed by atoms with Gasteiger partial charge in [0.2, 0.25) is 0 Å². The molecule has 0 aliphatic heterocycles. The van der Waals surface area contributed by atoms with Gasteiger partial charge in [-0.15, -0.1) is 11.3 Å². The van der Waals surface area contributed by atoms with E-state index < -0.39 is 22.6 Å². The lowest BCUT2D eigenvalue weighted by Crippen LogP contribution is -2.13. The number of nitrogens with zero attached hydrogens (tertiary/aromatic N) is 2. The number of aromatic nitrogens is 2. The van der Waals surface area contributed by atoms with Crippen molar-refractivity contribution in [3.63, 3.8) is 0 Å². The van der Waals surface area contributed by atoms with Crippen LogP contribution in [0.2, 0.25) is 0 Å². The Morgan fingerprint density at radius 3 is 2.67 bits per heavy atom. The van der Waals surface area contributed by atoms with Gasteiger partial charge in [0.1, 0.15) is 11.5 Å². The van der Waals surface area contributed by atoms with Crippen molar-refractivity contribution in [1.82, 2.24) is 9.97 Å². The molecule has 0 radical (unpaired) electrons. The summed E-state index contributed by atoms with van der Waals surface area (Å²) in [4.78, 5) is 42.5. The largest absolute Gasteiger partial charge is 0.364 e. The van der Waals surface area contributed by atoms with Crippen molar-refractivity contribution in [2.24, 2.45) is 5.73 Å². The molecule has 0 bridgehead atoms. The maximum Gasteiger partial charge on any atom is 0.270 e. The number of nitrogens with two attached hydrogens (primary N) is 1. The molecule has 0 saturated heterocycles. The van der Waals surface area contributed by atoms with Crippen molar-refractivity contribution in [3.05, 3.63) is 87.3 Å². The SMILES string of the molecule is NC(=O)c1cc(-c2csc(NC(=O)c3cc([N+](=O)[O-])ccc3Sc3ccccc3F)n2)c[nH]1. The summed E-state index contributed by atoms with van der Waals surface area (Å²) in [6, 6.07) is 11.4. The van der Waals surface area contributed by atoms with Crippen LogP contribution < -0.4 is 11.1 Å². The first-order valence-corrected chi connectivity index (χ1v) is 11.0. The van der Waals surface area contributed by atoms with Gasteiger partial charge in [-0.05, 0) is 24.3 Å². The lowest BCUT2D eigenvalue weighted by atomic mass is 10.2. The second-order valence-electron chi connectivity index (χ2n) is 6.63. The minimum Gasteiger partial charge on any atom is -0.364 e. The molecule has 0 aliphatic carbocycles. The van der Waals surface area contributed by atoms with Crippen LogP contribution in [-0.4, -0.2) is 26.7 Å². The fourth-order valence-corrected chi connectivity index (χ4v) is 4.52. The summed E-state index contributed by atoms with van der Waals surface area (Å²) >= 11 is 2.12. The average molecular weight is 484 g/mol. The molecule has 0 atom stereocenters. The van der Waals surface area contributed by atoms with Gasteiger partial charge in [0.15, 0.2) is 5.13 Å². The molecule has 166 valence electrons. The van der Waals surface area contributed by atoms with Crippen molar-refractivity contribution >= 4 is 45.7 Å². The van der Waals surface area contributed by atoms with Gasteiger partial charge in [-0.1, -0.05) is 23.9 Å². The third kappa shape index (κ3) is 4.91. The van der Waals surface area contributed by atoms with Gasteiger partial charge in [0.25, 0.3) is 17.5 Å². The number of halogens is 1. The Balaban J connectivity index is 1.61. The Bertz CT molecular complexity index is 1380. The van der Waals surface area contributed by atoms with Gasteiger partial charge in [0.05, 0.1) is 16.2 Å². The number of carbonyl (C=O) groups excluding carboxylic acids is 2. The minimum absolute atomic E-state index is 0.00635. The molecular weight excluding hydrogens is 469 g/mol. The molecule has 0 spiro atoms. The summed E-state index contributed by atoms with van der Waals surface area (Å²) in [5, 5.41) is 15.8. The van der Waals surface area contributed by atoms with E-state index in [-0.39, 0.29) is 27.0 Å². The van der Waals surface area contributed by atoms with E-state index in [0.29, 0.717) is 16.2 Å². The highest BCUT2D eigenvalue weighted by Gasteiger charge is 2.20. The number of primary amides is 1. The maximum absolute atomic E-state index is 14.1. The molecule has 2 aromatic carbocycles. The number of benzene rings is 2. The van der Waals surface area contributed by atoms with Crippen molar-refractivity contribution in [1.29, 1.82) is 0 Å². The molecule has 0 aliphatic rings. The molecule has 0 saturated carbocycles. The first-order chi connectivity index (χ1) is 15.8. The highest BCUT2D eigenvalue weighted by Crippen LogP contribution is 2.35. The quantitative estimate of drug-likeness (QED) is 0.257. The summed E-state index contributed by atoms with van der Waals surface area (Å²) in [6.45, 7) is 0. The van der Waals surface area contributed by atoms with E-state index in [9.17, 15) is 24.1 Å². The van der Waals surface area contributed by atoms with Crippen molar-refractivity contribution < 1.29 is 18.9 Å². The number of hydrogen-bond acceptors (Lipinski definition) is 7. The zero-order valence-corrected chi connectivity index (χ0v) is 18.2. The van der Waals surface area contributed by atoms with Crippen LogP contribution in [-0.2, 0) is 0 Å². The fraction of sp³-hybridized carbons (Fsp3) is 0. The Hall–Kier alpha value is -4.03. The lowest BCUT2D eigenvalue weighted by Gasteiger charge is -2.09. The van der Waals surface area contributed by atoms with Gasteiger partial charge in [-0.3, -0.25) is 25.0 Å². The molecule has 12 heteroatoms. The molecule has 4 rings (SSSR count). The van der Waals surface area contributed by atoms with E-state index in [0.717, 1.165) is 29.2 Å². The van der Waals surface area contributed by atoms with Gasteiger partial charge in [0, 0.05) is 39.1 Å². The summed E-state index contributed by atoms with van der Waals surface area (Å²) < 4.78 is 14.1. The fourth-order valence-electron chi connectivity index (χ4n) is 2.86. The van der Waals surface area contributed by atoms with Crippen molar-refractivity contribution in [2.45, 2.75) is 9.79 Å². The number of thiazole rings is 1. The number of H-pyrrole nitrogens is 1. The van der Waals surface area contributed by atoms with Crippen LogP contribution in [0.4, 0.5) is 15.2 Å². The predicted molar refractivity (Wildman–Crippen MR) is 122 cm³/mol. The summed E-state index contributed by atoms with van der Waals surface area (Å²) in [5.41, 5.74) is 6.29. The van der Waals surface area contributed by atoms with E-state index in [2.05, 4.69) is 15.3 Å². The Morgan fingerprint density at radius 2 is 1.97 bits per heavy atom. The second kappa shape index (κ2) is 9.22. The number of carbonyl (C=O) groups is 2. The zero-order chi connectivity index (χ0) is 23.5. The molecule has 9 nitrogen and oxygen atoms in total. The lowest BCUT2D eigenvalue weighted by molar-refractivity contribution is -0.384. The molecule has 4 N–H and O–H groups in total. The van der Waals surface area contributed by atoms with Gasteiger partial charge >= 0.3 is 0 Å². The first-order valence-electron chi connectivity index (χ1n) is 9.28.